The minimum Gasteiger partial charge on any atom is -0.477 e. The minimum atomic E-state index is -1.01. The number of carboxylic acid groups (broad SMARTS) is 1. The van der Waals surface area contributed by atoms with E-state index < -0.39 is 12.1 Å². The molecule has 3 rings (SSSR count). The summed E-state index contributed by atoms with van der Waals surface area (Å²) < 4.78 is 4.57. The van der Waals surface area contributed by atoms with E-state index in [1.54, 1.807) is 12.1 Å². The first-order chi connectivity index (χ1) is 13.0. The maximum Gasteiger partial charge on any atom is 0.404 e. The van der Waals surface area contributed by atoms with E-state index in [0.717, 1.165) is 16.7 Å². The van der Waals surface area contributed by atoms with E-state index in [9.17, 15) is 9.59 Å². The maximum atomic E-state index is 10.8. The first-order valence-corrected chi connectivity index (χ1v) is 8.19. The van der Waals surface area contributed by atoms with E-state index in [1.165, 1.54) is 6.07 Å². The normalized spacial score (nSPS) is 9.67. The Hall–Kier alpha value is -3.67. The Bertz CT molecular complexity index is 894. The van der Waals surface area contributed by atoms with Crippen LogP contribution in [0.3, 0.4) is 0 Å². The second kappa shape index (κ2) is 9.72. The van der Waals surface area contributed by atoms with Gasteiger partial charge in [-0.05, 0) is 24.6 Å². The number of hydrogen-bond donors (Lipinski definition) is 2. The standard InChI is InChI=1S/C13H11NO2.C8H9NO2/c1-9-5-7-10(8-6-9)11-3-2-4-12(14-11)13(15)16;9-8(10)11-6-7-4-2-1-3-5-7/h2-8H,1H3,(H,15,16);1-5H,6H2,(H2,9,10). The van der Waals surface area contributed by atoms with Crippen LogP contribution >= 0.6 is 0 Å². The van der Waals surface area contributed by atoms with Crippen LogP contribution in [0, 0.1) is 6.92 Å². The number of benzene rings is 2. The second-order valence-corrected chi connectivity index (χ2v) is 5.67. The van der Waals surface area contributed by atoms with Crippen LogP contribution in [-0.4, -0.2) is 22.2 Å². The summed E-state index contributed by atoms with van der Waals surface area (Å²) in [5.74, 6) is -1.01. The number of primary amides is 1. The summed E-state index contributed by atoms with van der Waals surface area (Å²) >= 11 is 0. The van der Waals surface area contributed by atoms with E-state index in [4.69, 9.17) is 10.8 Å². The van der Waals surface area contributed by atoms with Crippen molar-refractivity contribution < 1.29 is 19.4 Å². The third-order valence-electron chi connectivity index (χ3n) is 3.54. The summed E-state index contributed by atoms with van der Waals surface area (Å²) in [6, 6.07) is 22.2. The highest BCUT2D eigenvalue weighted by Crippen LogP contribution is 2.17. The average molecular weight is 364 g/mol. The summed E-state index contributed by atoms with van der Waals surface area (Å²) in [6.07, 6.45) is -0.742. The predicted octanol–water partition coefficient (Wildman–Crippen LogP) is 4.04. The zero-order valence-corrected chi connectivity index (χ0v) is 14.8. The Labute approximate surface area is 157 Å². The first kappa shape index (κ1) is 19.7. The zero-order chi connectivity index (χ0) is 19.6. The van der Waals surface area contributed by atoms with Crippen molar-refractivity contribution in [3.8, 4) is 11.3 Å². The van der Waals surface area contributed by atoms with Gasteiger partial charge in [0, 0.05) is 5.56 Å². The molecule has 0 spiro atoms. The molecule has 1 amide bonds. The number of aromatic nitrogens is 1. The highest BCUT2D eigenvalue weighted by Gasteiger charge is 2.06. The third kappa shape index (κ3) is 6.62. The van der Waals surface area contributed by atoms with Crippen molar-refractivity contribution in [1.82, 2.24) is 4.98 Å². The van der Waals surface area contributed by atoms with Crippen LogP contribution in [0.25, 0.3) is 11.3 Å². The Morgan fingerprint density at radius 1 is 0.963 bits per heavy atom. The van der Waals surface area contributed by atoms with E-state index in [1.807, 2.05) is 61.5 Å². The Kier molecular flexibility index (Phi) is 7.07. The molecule has 0 atom stereocenters. The van der Waals surface area contributed by atoms with Crippen molar-refractivity contribution in [3.63, 3.8) is 0 Å². The molecular formula is C21H20N2O4. The van der Waals surface area contributed by atoms with Gasteiger partial charge in [-0.1, -0.05) is 66.2 Å². The van der Waals surface area contributed by atoms with Gasteiger partial charge in [-0.3, -0.25) is 0 Å². The number of ether oxygens (including phenoxy) is 1. The van der Waals surface area contributed by atoms with Crippen molar-refractivity contribution >= 4 is 12.1 Å². The number of nitrogens with zero attached hydrogens (tertiary/aromatic N) is 1. The van der Waals surface area contributed by atoms with Crippen LogP contribution in [0.2, 0.25) is 0 Å². The van der Waals surface area contributed by atoms with Crippen LogP contribution in [0.1, 0.15) is 21.6 Å². The topological polar surface area (TPSA) is 103 Å². The minimum absolute atomic E-state index is 0.0677. The molecule has 0 unspecified atom stereocenters. The fraction of sp³-hybridized carbons (Fsp3) is 0.0952. The molecular weight excluding hydrogens is 344 g/mol. The number of carbonyl (C=O) groups excluding carboxylic acids is 1. The number of aryl methyl sites for hydroxylation is 1. The Morgan fingerprint density at radius 2 is 1.63 bits per heavy atom. The van der Waals surface area contributed by atoms with Gasteiger partial charge >= 0.3 is 12.1 Å². The number of amides is 1. The van der Waals surface area contributed by atoms with Crippen molar-refractivity contribution in [2.45, 2.75) is 13.5 Å². The molecule has 3 N–H and O–H groups in total. The van der Waals surface area contributed by atoms with E-state index >= 15 is 0 Å². The van der Waals surface area contributed by atoms with Crippen LogP contribution in [-0.2, 0) is 11.3 Å². The Morgan fingerprint density at radius 3 is 2.22 bits per heavy atom. The monoisotopic (exact) mass is 364 g/mol. The molecule has 0 saturated carbocycles. The summed E-state index contributed by atoms with van der Waals surface area (Å²) in [5.41, 5.74) is 8.55. The number of carboxylic acids is 1. The van der Waals surface area contributed by atoms with Gasteiger partial charge in [0.1, 0.15) is 12.3 Å². The lowest BCUT2D eigenvalue weighted by Crippen LogP contribution is -2.12. The Balaban J connectivity index is 0.000000208. The van der Waals surface area contributed by atoms with Gasteiger partial charge in [0.05, 0.1) is 5.69 Å². The molecule has 1 heterocycles. The molecule has 0 fully saturated rings. The molecule has 3 aromatic rings. The largest absolute Gasteiger partial charge is 0.477 e. The lowest BCUT2D eigenvalue weighted by Gasteiger charge is -2.02. The zero-order valence-electron chi connectivity index (χ0n) is 14.8. The van der Waals surface area contributed by atoms with Crippen molar-refractivity contribution in [1.29, 1.82) is 0 Å². The van der Waals surface area contributed by atoms with Crippen molar-refractivity contribution in [3.05, 3.63) is 89.6 Å². The molecule has 1 aromatic heterocycles. The number of hydrogen-bond acceptors (Lipinski definition) is 4. The van der Waals surface area contributed by atoms with Crippen LogP contribution < -0.4 is 5.73 Å². The first-order valence-electron chi connectivity index (χ1n) is 8.19. The smallest absolute Gasteiger partial charge is 0.404 e. The fourth-order valence-corrected chi connectivity index (χ4v) is 2.17. The van der Waals surface area contributed by atoms with Crippen LogP contribution in [0.15, 0.2) is 72.8 Å². The van der Waals surface area contributed by atoms with Gasteiger partial charge in [-0.2, -0.15) is 0 Å². The number of carbonyl (C=O) groups is 2. The molecule has 138 valence electrons. The molecule has 2 aromatic carbocycles. The number of rotatable bonds is 4. The molecule has 6 nitrogen and oxygen atoms in total. The summed E-state index contributed by atoms with van der Waals surface area (Å²) in [7, 11) is 0. The van der Waals surface area contributed by atoms with Crippen LogP contribution in [0.4, 0.5) is 4.79 Å². The summed E-state index contributed by atoms with van der Waals surface area (Å²) in [4.78, 5) is 25.0. The van der Waals surface area contributed by atoms with Gasteiger partial charge in [0.25, 0.3) is 0 Å². The average Bonchev–Trinajstić information content (AvgIpc) is 2.68. The van der Waals surface area contributed by atoms with E-state index in [0.29, 0.717) is 5.69 Å². The highest BCUT2D eigenvalue weighted by molar-refractivity contribution is 5.86. The molecule has 0 aliphatic carbocycles. The fourth-order valence-electron chi connectivity index (χ4n) is 2.17. The van der Waals surface area contributed by atoms with E-state index in [-0.39, 0.29) is 12.3 Å². The van der Waals surface area contributed by atoms with E-state index in [2.05, 4.69) is 9.72 Å². The summed E-state index contributed by atoms with van der Waals surface area (Å²) in [5, 5.41) is 8.84. The number of nitrogens with two attached hydrogens (primary N) is 1. The molecule has 0 aliphatic rings. The molecule has 6 heteroatoms. The number of aromatic carboxylic acids is 1. The molecule has 0 radical (unpaired) electrons. The molecule has 0 bridgehead atoms. The summed E-state index contributed by atoms with van der Waals surface area (Å²) in [6.45, 7) is 2.25. The molecule has 0 aliphatic heterocycles. The van der Waals surface area contributed by atoms with Gasteiger partial charge in [-0.15, -0.1) is 0 Å². The third-order valence-corrected chi connectivity index (χ3v) is 3.54. The molecule has 27 heavy (non-hydrogen) atoms. The predicted molar refractivity (Wildman–Crippen MR) is 102 cm³/mol. The number of pyridine rings is 1. The molecule has 0 saturated heterocycles. The lowest BCUT2D eigenvalue weighted by atomic mass is 10.1. The lowest BCUT2D eigenvalue weighted by molar-refractivity contribution is 0.0690. The SMILES string of the molecule is Cc1ccc(-c2cccc(C(=O)O)n2)cc1.NC(=O)OCc1ccccc1. The van der Waals surface area contributed by atoms with Gasteiger partial charge < -0.3 is 15.6 Å². The second-order valence-electron chi connectivity index (χ2n) is 5.67. The van der Waals surface area contributed by atoms with Crippen molar-refractivity contribution in [2.24, 2.45) is 5.73 Å². The highest BCUT2D eigenvalue weighted by atomic mass is 16.5. The van der Waals surface area contributed by atoms with Gasteiger partial charge in [0.15, 0.2) is 0 Å². The van der Waals surface area contributed by atoms with Crippen molar-refractivity contribution in [2.75, 3.05) is 0 Å². The van der Waals surface area contributed by atoms with Crippen LogP contribution in [0.5, 0.6) is 0 Å². The van der Waals surface area contributed by atoms with Gasteiger partial charge in [-0.25, -0.2) is 14.6 Å². The van der Waals surface area contributed by atoms with Gasteiger partial charge in [0.2, 0.25) is 0 Å². The maximum absolute atomic E-state index is 10.8. The quantitative estimate of drug-likeness (QED) is 0.727.